The standard InChI is InChI=1S/C22H27N3O5S2/c1-5-12-25-18-8-7-16(32(28,29)24(3)4)13-17(18)23-21(25)14-30-22(27)11-9-19(26)20-10-6-15(2)31-20/h6-8,10,13H,5,9,11-12,14H2,1-4H3. The van der Waals surface area contributed by atoms with Crippen molar-refractivity contribution in [3.05, 3.63) is 45.9 Å². The van der Waals surface area contributed by atoms with Crippen molar-refractivity contribution < 1.29 is 22.7 Å². The third-order valence-electron chi connectivity index (χ3n) is 4.96. The first-order valence-electron chi connectivity index (χ1n) is 10.3. The molecule has 8 nitrogen and oxygen atoms in total. The van der Waals surface area contributed by atoms with Crippen LogP contribution in [0.4, 0.5) is 0 Å². The van der Waals surface area contributed by atoms with E-state index < -0.39 is 16.0 Å². The first kappa shape index (κ1) is 24.1. The molecule has 0 saturated heterocycles. The number of benzene rings is 1. The van der Waals surface area contributed by atoms with Gasteiger partial charge in [-0.3, -0.25) is 9.59 Å². The number of thiophene rings is 1. The van der Waals surface area contributed by atoms with Gasteiger partial charge >= 0.3 is 5.97 Å². The number of sulfonamides is 1. The number of Topliss-reactive ketones (excluding diaryl/α,β-unsaturated/α-hetero) is 1. The maximum atomic E-state index is 12.4. The minimum Gasteiger partial charge on any atom is -0.457 e. The van der Waals surface area contributed by atoms with Gasteiger partial charge < -0.3 is 9.30 Å². The van der Waals surface area contributed by atoms with E-state index in [2.05, 4.69) is 4.98 Å². The normalized spacial score (nSPS) is 11.9. The Balaban J connectivity index is 1.72. The number of hydrogen-bond donors (Lipinski definition) is 0. The SMILES string of the molecule is CCCn1c(COC(=O)CCC(=O)c2ccc(C)s2)nc2cc(S(=O)(=O)N(C)C)ccc21. The number of ether oxygens (including phenoxy) is 1. The zero-order chi connectivity index (χ0) is 23.5. The van der Waals surface area contributed by atoms with Crippen LogP contribution in [0.5, 0.6) is 0 Å². The van der Waals surface area contributed by atoms with Crippen LogP contribution in [0.25, 0.3) is 11.0 Å². The molecule has 3 aromatic rings. The highest BCUT2D eigenvalue weighted by molar-refractivity contribution is 7.89. The van der Waals surface area contributed by atoms with Crippen molar-refractivity contribution in [1.82, 2.24) is 13.9 Å². The molecule has 1 aromatic carbocycles. The first-order chi connectivity index (χ1) is 15.1. The number of aromatic nitrogens is 2. The van der Waals surface area contributed by atoms with Gasteiger partial charge in [-0.2, -0.15) is 0 Å². The number of carbonyl (C=O) groups excluding carboxylic acids is 2. The van der Waals surface area contributed by atoms with Crippen molar-refractivity contribution in [2.24, 2.45) is 0 Å². The Hall–Kier alpha value is -2.56. The summed E-state index contributed by atoms with van der Waals surface area (Å²) in [5.41, 5.74) is 1.30. The van der Waals surface area contributed by atoms with Crippen LogP contribution in [0.15, 0.2) is 35.2 Å². The van der Waals surface area contributed by atoms with Crippen molar-refractivity contribution in [1.29, 1.82) is 0 Å². The number of fused-ring (bicyclic) bond motifs is 1. The molecule has 0 saturated carbocycles. The fourth-order valence-corrected chi connectivity index (χ4v) is 5.01. The maximum Gasteiger partial charge on any atom is 0.306 e. The summed E-state index contributed by atoms with van der Waals surface area (Å²) in [7, 11) is -0.626. The van der Waals surface area contributed by atoms with E-state index in [0.717, 1.165) is 21.1 Å². The molecule has 0 N–H and O–H groups in total. The van der Waals surface area contributed by atoms with Crippen LogP contribution in [0.2, 0.25) is 0 Å². The molecular weight excluding hydrogens is 450 g/mol. The molecule has 0 unspecified atom stereocenters. The summed E-state index contributed by atoms with van der Waals surface area (Å²) in [6.45, 7) is 4.55. The van der Waals surface area contributed by atoms with Gasteiger partial charge in [-0.05, 0) is 43.7 Å². The first-order valence-corrected chi connectivity index (χ1v) is 12.6. The molecule has 0 radical (unpaired) electrons. The lowest BCUT2D eigenvalue weighted by Gasteiger charge is -2.11. The molecule has 172 valence electrons. The van der Waals surface area contributed by atoms with Crippen LogP contribution < -0.4 is 0 Å². The molecule has 0 aliphatic carbocycles. The third kappa shape index (κ3) is 5.25. The molecule has 0 aliphatic rings. The number of imidazole rings is 1. The Kier molecular flexibility index (Phi) is 7.47. The summed E-state index contributed by atoms with van der Waals surface area (Å²) < 4.78 is 33.3. The highest BCUT2D eigenvalue weighted by Crippen LogP contribution is 2.23. The van der Waals surface area contributed by atoms with E-state index in [0.29, 0.717) is 22.8 Å². The van der Waals surface area contributed by atoms with Gasteiger partial charge in [0, 0.05) is 31.9 Å². The minimum absolute atomic E-state index is 0.00495. The molecule has 0 bridgehead atoms. The summed E-state index contributed by atoms with van der Waals surface area (Å²) in [5, 5.41) is 0. The smallest absolute Gasteiger partial charge is 0.306 e. The van der Waals surface area contributed by atoms with E-state index in [-0.39, 0.29) is 30.1 Å². The molecule has 2 heterocycles. The molecule has 10 heteroatoms. The van der Waals surface area contributed by atoms with Gasteiger partial charge in [-0.1, -0.05) is 6.92 Å². The van der Waals surface area contributed by atoms with E-state index in [9.17, 15) is 18.0 Å². The molecule has 32 heavy (non-hydrogen) atoms. The summed E-state index contributed by atoms with van der Waals surface area (Å²) in [4.78, 5) is 30.8. The predicted octanol–water partition coefficient (Wildman–Crippen LogP) is 3.77. The number of carbonyl (C=O) groups is 2. The Morgan fingerprint density at radius 1 is 1.16 bits per heavy atom. The van der Waals surface area contributed by atoms with E-state index in [4.69, 9.17) is 4.74 Å². The summed E-state index contributed by atoms with van der Waals surface area (Å²) >= 11 is 1.41. The van der Waals surface area contributed by atoms with E-state index >= 15 is 0 Å². The minimum atomic E-state index is -3.58. The Bertz CT molecular complexity index is 1240. The zero-order valence-corrected chi connectivity index (χ0v) is 20.3. The fraction of sp³-hybridized carbons (Fsp3) is 0.409. The van der Waals surface area contributed by atoms with Crippen LogP contribution in [0.1, 0.15) is 46.6 Å². The number of rotatable bonds is 10. The average molecular weight is 478 g/mol. The Morgan fingerprint density at radius 3 is 2.53 bits per heavy atom. The lowest BCUT2D eigenvalue weighted by molar-refractivity contribution is -0.145. The van der Waals surface area contributed by atoms with Gasteiger partial charge in [0.05, 0.1) is 27.2 Å². The van der Waals surface area contributed by atoms with Gasteiger partial charge in [-0.25, -0.2) is 17.7 Å². The second-order valence-corrected chi connectivity index (χ2v) is 11.1. The van der Waals surface area contributed by atoms with Crippen LogP contribution in [-0.2, 0) is 32.7 Å². The number of nitrogens with zero attached hydrogens (tertiary/aromatic N) is 3. The van der Waals surface area contributed by atoms with Gasteiger partial charge in [0.2, 0.25) is 10.0 Å². The molecule has 0 amide bonds. The fourth-order valence-electron chi connectivity index (χ4n) is 3.25. The van der Waals surface area contributed by atoms with Gasteiger partial charge in [0.25, 0.3) is 0 Å². The molecule has 0 spiro atoms. The van der Waals surface area contributed by atoms with E-state index in [1.165, 1.54) is 31.5 Å². The third-order valence-corrected chi connectivity index (χ3v) is 7.81. The maximum absolute atomic E-state index is 12.4. The molecular formula is C22H27N3O5S2. The summed E-state index contributed by atoms with van der Waals surface area (Å²) in [6, 6.07) is 8.46. The monoisotopic (exact) mass is 477 g/mol. The largest absolute Gasteiger partial charge is 0.457 e. The quantitative estimate of drug-likeness (QED) is 0.326. The Morgan fingerprint density at radius 2 is 1.91 bits per heavy atom. The molecule has 0 atom stereocenters. The van der Waals surface area contributed by atoms with Gasteiger partial charge in [0.15, 0.2) is 5.78 Å². The van der Waals surface area contributed by atoms with E-state index in [1.807, 2.05) is 24.5 Å². The molecule has 0 fully saturated rings. The van der Waals surface area contributed by atoms with Crippen LogP contribution >= 0.6 is 11.3 Å². The zero-order valence-electron chi connectivity index (χ0n) is 18.6. The number of hydrogen-bond acceptors (Lipinski definition) is 7. The van der Waals surface area contributed by atoms with Crippen molar-refractivity contribution in [3.63, 3.8) is 0 Å². The lowest BCUT2D eigenvalue weighted by Crippen LogP contribution is -2.22. The summed E-state index contributed by atoms with van der Waals surface area (Å²) in [5.74, 6) is -0.0136. The highest BCUT2D eigenvalue weighted by atomic mass is 32.2. The number of esters is 1. The van der Waals surface area contributed by atoms with Gasteiger partial charge in [-0.15, -0.1) is 11.3 Å². The molecule has 2 aromatic heterocycles. The van der Waals surface area contributed by atoms with Crippen molar-refractivity contribution in [2.45, 2.75) is 51.2 Å². The predicted molar refractivity (Wildman–Crippen MR) is 123 cm³/mol. The highest BCUT2D eigenvalue weighted by Gasteiger charge is 2.20. The van der Waals surface area contributed by atoms with Crippen molar-refractivity contribution in [3.8, 4) is 0 Å². The van der Waals surface area contributed by atoms with Crippen LogP contribution in [0.3, 0.4) is 0 Å². The number of aryl methyl sites for hydroxylation is 2. The molecule has 0 aliphatic heterocycles. The topological polar surface area (TPSA) is 98.6 Å². The van der Waals surface area contributed by atoms with E-state index in [1.54, 1.807) is 18.2 Å². The second-order valence-electron chi connectivity index (χ2n) is 7.61. The van der Waals surface area contributed by atoms with Crippen molar-refractivity contribution in [2.75, 3.05) is 14.1 Å². The molecule has 3 rings (SSSR count). The average Bonchev–Trinajstić information content (AvgIpc) is 3.34. The number of ketones is 1. The van der Waals surface area contributed by atoms with Crippen LogP contribution in [-0.4, -0.2) is 48.1 Å². The van der Waals surface area contributed by atoms with Gasteiger partial charge in [0.1, 0.15) is 12.4 Å². The second kappa shape index (κ2) is 9.93. The Labute approximate surface area is 191 Å². The van der Waals surface area contributed by atoms with Crippen LogP contribution in [0, 0.1) is 6.92 Å². The lowest BCUT2D eigenvalue weighted by atomic mass is 10.2. The summed E-state index contributed by atoms with van der Waals surface area (Å²) in [6.07, 6.45) is 0.920. The van der Waals surface area contributed by atoms with Crippen molar-refractivity contribution >= 4 is 44.1 Å².